The van der Waals surface area contributed by atoms with E-state index in [9.17, 15) is 10.5 Å². The Hall–Kier alpha value is -3.35. The molecule has 2 aromatic heterocycles. The maximum atomic E-state index is 9.70. The first-order valence-electron chi connectivity index (χ1n) is 7.45. The minimum absolute atomic E-state index is 0.133. The van der Waals surface area contributed by atoms with Crippen LogP contribution >= 0.6 is 11.8 Å². The smallest absolute Gasteiger partial charge is 0.143 e. The number of aromatic nitrogens is 2. The molecular formula is C19H13N5S. The predicted octanol–water partition coefficient (Wildman–Crippen LogP) is 3.76. The highest BCUT2D eigenvalue weighted by atomic mass is 32.2. The van der Waals surface area contributed by atoms with E-state index in [0.29, 0.717) is 21.9 Å². The van der Waals surface area contributed by atoms with Crippen LogP contribution in [-0.4, -0.2) is 9.97 Å². The lowest BCUT2D eigenvalue weighted by Gasteiger charge is -2.12. The van der Waals surface area contributed by atoms with Crippen molar-refractivity contribution in [1.82, 2.24) is 9.97 Å². The Balaban J connectivity index is 2.10. The van der Waals surface area contributed by atoms with Crippen molar-refractivity contribution in [3.05, 3.63) is 71.5 Å². The van der Waals surface area contributed by atoms with Crippen LogP contribution < -0.4 is 5.73 Å². The summed E-state index contributed by atoms with van der Waals surface area (Å²) >= 11 is 1.40. The summed E-state index contributed by atoms with van der Waals surface area (Å²) < 4.78 is 0. The van der Waals surface area contributed by atoms with Crippen molar-refractivity contribution < 1.29 is 0 Å². The predicted molar refractivity (Wildman–Crippen MR) is 97.3 cm³/mol. The van der Waals surface area contributed by atoms with Gasteiger partial charge in [0.15, 0.2) is 0 Å². The van der Waals surface area contributed by atoms with Crippen molar-refractivity contribution in [3.8, 4) is 23.3 Å². The van der Waals surface area contributed by atoms with Gasteiger partial charge in [0.2, 0.25) is 0 Å². The molecule has 0 aliphatic rings. The summed E-state index contributed by atoms with van der Waals surface area (Å²) in [5.41, 5.74) is 8.91. The standard InChI is InChI=1S/C19H13N5S/c20-9-15-17(14-6-2-1-3-7-14)16(10-21)19(24-18(15)22)25-12-13-5-4-8-23-11-13/h1-8,11H,12H2,(H2,22,24). The largest absolute Gasteiger partial charge is 0.383 e. The minimum atomic E-state index is 0.133. The van der Waals surface area contributed by atoms with Crippen LogP contribution in [0.2, 0.25) is 0 Å². The minimum Gasteiger partial charge on any atom is -0.383 e. The lowest BCUT2D eigenvalue weighted by molar-refractivity contribution is 1.11. The fraction of sp³-hybridized carbons (Fsp3) is 0.0526. The van der Waals surface area contributed by atoms with E-state index in [-0.39, 0.29) is 11.4 Å². The second kappa shape index (κ2) is 7.48. The third-order valence-corrected chi connectivity index (χ3v) is 4.62. The molecule has 25 heavy (non-hydrogen) atoms. The van der Waals surface area contributed by atoms with Gasteiger partial charge in [0.1, 0.15) is 28.5 Å². The van der Waals surface area contributed by atoms with Crippen molar-refractivity contribution in [2.24, 2.45) is 0 Å². The molecule has 3 rings (SSSR count). The van der Waals surface area contributed by atoms with Gasteiger partial charge in [0.25, 0.3) is 0 Å². The van der Waals surface area contributed by atoms with Crippen LogP contribution in [0.4, 0.5) is 5.82 Å². The van der Waals surface area contributed by atoms with Gasteiger partial charge in [0, 0.05) is 23.7 Å². The Kier molecular flexibility index (Phi) is 4.94. The zero-order valence-electron chi connectivity index (χ0n) is 13.2. The highest BCUT2D eigenvalue weighted by Gasteiger charge is 2.20. The molecule has 3 aromatic rings. The van der Waals surface area contributed by atoms with Crippen LogP contribution in [0, 0.1) is 22.7 Å². The number of anilines is 1. The molecule has 2 heterocycles. The molecule has 0 unspecified atom stereocenters. The molecule has 0 bridgehead atoms. The number of pyridine rings is 2. The van der Waals surface area contributed by atoms with Crippen LogP contribution in [0.5, 0.6) is 0 Å². The third kappa shape index (κ3) is 3.45. The number of nitrogens with zero attached hydrogens (tertiary/aromatic N) is 4. The van der Waals surface area contributed by atoms with Gasteiger partial charge in [-0.1, -0.05) is 36.4 Å². The van der Waals surface area contributed by atoms with Crippen molar-refractivity contribution >= 4 is 17.6 Å². The third-order valence-electron chi connectivity index (χ3n) is 3.58. The molecule has 6 heteroatoms. The summed E-state index contributed by atoms with van der Waals surface area (Å²) in [5, 5.41) is 19.7. The van der Waals surface area contributed by atoms with E-state index >= 15 is 0 Å². The van der Waals surface area contributed by atoms with Crippen molar-refractivity contribution in [3.63, 3.8) is 0 Å². The fourth-order valence-corrected chi connectivity index (χ4v) is 3.36. The zero-order valence-corrected chi connectivity index (χ0v) is 14.0. The molecule has 1 aromatic carbocycles. The van der Waals surface area contributed by atoms with Crippen molar-refractivity contribution in [2.45, 2.75) is 10.8 Å². The molecule has 2 N–H and O–H groups in total. The molecule has 0 atom stereocenters. The van der Waals surface area contributed by atoms with Crippen LogP contribution in [0.25, 0.3) is 11.1 Å². The number of nitriles is 2. The molecule has 0 saturated carbocycles. The average Bonchev–Trinajstić information content (AvgIpc) is 2.67. The molecular weight excluding hydrogens is 330 g/mol. The van der Waals surface area contributed by atoms with Crippen LogP contribution in [-0.2, 0) is 5.75 Å². The Labute approximate surface area is 149 Å². The van der Waals surface area contributed by atoms with Gasteiger partial charge in [-0.05, 0) is 17.2 Å². The number of thioether (sulfide) groups is 1. The molecule has 0 amide bonds. The fourth-order valence-electron chi connectivity index (χ4n) is 2.43. The monoisotopic (exact) mass is 343 g/mol. The zero-order chi connectivity index (χ0) is 17.6. The van der Waals surface area contributed by atoms with E-state index in [1.165, 1.54) is 11.8 Å². The summed E-state index contributed by atoms with van der Waals surface area (Å²) in [7, 11) is 0. The Morgan fingerprint density at radius 3 is 2.40 bits per heavy atom. The first kappa shape index (κ1) is 16.5. The van der Waals surface area contributed by atoms with Gasteiger partial charge in [-0.2, -0.15) is 10.5 Å². The lowest BCUT2D eigenvalue weighted by atomic mass is 9.97. The average molecular weight is 343 g/mol. The van der Waals surface area contributed by atoms with E-state index in [1.807, 2.05) is 42.5 Å². The molecule has 0 spiro atoms. The van der Waals surface area contributed by atoms with Gasteiger partial charge >= 0.3 is 0 Å². The number of benzene rings is 1. The summed E-state index contributed by atoms with van der Waals surface area (Å²) in [4.78, 5) is 8.37. The van der Waals surface area contributed by atoms with E-state index in [4.69, 9.17) is 5.73 Å². The van der Waals surface area contributed by atoms with Gasteiger partial charge in [-0.15, -0.1) is 11.8 Å². The maximum absolute atomic E-state index is 9.70. The second-order valence-corrected chi connectivity index (χ2v) is 6.13. The SMILES string of the molecule is N#Cc1c(N)nc(SCc2cccnc2)c(C#N)c1-c1ccccc1. The number of hydrogen-bond acceptors (Lipinski definition) is 6. The van der Waals surface area contributed by atoms with E-state index < -0.39 is 0 Å². The normalized spacial score (nSPS) is 10.0. The number of rotatable bonds is 4. The molecule has 0 aliphatic heterocycles. The van der Waals surface area contributed by atoms with Gasteiger partial charge < -0.3 is 5.73 Å². The maximum Gasteiger partial charge on any atom is 0.143 e. The van der Waals surface area contributed by atoms with Crippen molar-refractivity contribution in [1.29, 1.82) is 10.5 Å². The lowest BCUT2D eigenvalue weighted by Crippen LogP contribution is -2.03. The summed E-state index contributed by atoms with van der Waals surface area (Å²) in [5.74, 6) is 0.740. The van der Waals surface area contributed by atoms with E-state index in [2.05, 4.69) is 22.1 Å². The number of hydrogen-bond donors (Lipinski definition) is 1. The highest BCUT2D eigenvalue weighted by Crippen LogP contribution is 2.36. The molecule has 0 aliphatic carbocycles. The molecule has 120 valence electrons. The Bertz CT molecular complexity index is 973. The Morgan fingerprint density at radius 1 is 1.00 bits per heavy atom. The number of nitrogen functional groups attached to an aromatic ring is 1. The molecule has 0 fully saturated rings. The first-order chi connectivity index (χ1) is 12.2. The van der Waals surface area contributed by atoms with E-state index in [0.717, 1.165) is 11.1 Å². The highest BCUT2D eigenvalue weighted by molar-refractivity contribution is 7.98. The van der Waals surface area contributed by atoms with Crippen LogP contribution in [0.15, 0.2) is 59.9 Å². The quantitative estimate of drug-likeness (QED) is 0.724. The molecule has 5 nitrogen and oxygen atoms in total. The van der Waals surface area contributed by atoms with Gasteiger partial charge in [0.05, 0.1) is 5.56 Å². The summed E-state index contributed by atoms with van der Waals surface area (Å²) in [6.07, 6.45) is 3.48. The van der Waals surface area contributed by atoms with Crippen LogP contribution in [0.3, 0.4) is 0 Å². The van der Waals surface area contributed by atoms with Gasteiger partial charge in [-0.3, -0.25) is 4.98 Å². The topological polar surface area (TPSA) is 99.4 Å². The van der Waals surface area contributed by atoms with Crippen molar-refractivity contribution in [2.75, 3.05) is 5.73 Å². The second-order valence-electron chi connectivity index (χ2n) is 5.17. The Morgan fingerprint density at radius 2 is 1.76 bits per heavy atom. The van der Waals surface area contributed by atoms with Gasteiger partial charge in [-0.25, -0.2) is 4.98 Å². The molecule has 0 saturated heterocycles. The summed E-state index contributed by atoms with van der Waals surface area (Å²) in [6.45, 7) is 0. The number of nitrogens with two attached hydrogens (primary N) is 1. The summed E-state index contributed by atoms with van der Waals surface area (Å²) in [6, 6.07) is 17.4. The molecule has 0 radical (unpaired) electrons. The van der Waals surface area contributed by atoms with Crippen LogP contribution in [0.1, 0.15) is 16.7 Å². The first-order valence-corrected chi connectivity index (χ1v) is 8.44. The van der Waals surface area contributed by atoms with E-state index in [1.54, 1.807) is 12.4 Å².